The van der Waals surface area contributed by atoms with Crippen LogP contribution < -0.4 is 0 Å². The molecule has 1 aliphatic carbocycles. The number of aliphatic hydroxyl groups excluding tert-OH is 1. The maximum absolute atomic E-state index is 11.0. The van der Waals surface area contributed by atoms with Crippen LogP contribution in [0.1, 0.15) is 18.9 Å². The molecule has 0 aromatic heterocycles. The molecule has 1 saturated heterocycles. The third kappa shape index (κ3) is 2.72. The molecule has 1 heterocycles. The van der Waals surface area contributed by atoms with Crippen molar-refractivity contribution in [2.24, 2.45) is 0 Å². The molecular weight excluding hydrogens is 272 g/mol. The van der Waals surface area contributed by atoms with Crippen molar-refractivity contribution in [2.75, 3.05) is 6.61 Å². The van der Waals surface area contributed by atoms with Crippen molar-refractivity contribution in [3.8, 4) is 0 Å². The smallest absolute Gasteiger partial charge is 0.231 e. The molecule has 2 unspecified atom stereocenters. The minimum atomic E-state index is -1.24. The lowest BCUT2D eigenvalue weighted by Crippen LogP contribution is -2.36. The average Bonchev–Trinajstić information content (AvgIpc) is 3.00. The lowest BCUT2D eigenvalue weighted by Gasteiger charge is -2.25. The van der Waals surface area contributed by atoms with Gasteiger partial charge in [-0.1, -0.05) is 30.3 Å². The summed E-state index contributed by atoms with van der Waals surface area (Å²) in [6.07, 6.45) is 2.32. The van der Waals surface area contributed by atoms with Crippen molar-refractivity contribution in [3.05, 3.63) is 47.7 Å². The molecule has 5 heteroatoms. The molecule has 1 spiro atoms. The number of aliphatic hydroxyl groups is 1. The SMILES string of the molecule is CC1(C=O)COC2(C[C@@H](OCc3ccccc3)C=C2O)O1. The summed E-state index contributed by atoms with van der Waals surface area (Å²) in [5, 5.41) is 10.1. The lowest BCUT2D eigenvalue weighted by molar-refractivity contribution is -0.182. The Labute approximate surface area is 123 Å². The van der Waals surface area contributed by atoms with Gasteiger partial charge >= 0.3 is 0 Å². The minimum absolute atomic E-state index is 0.0221. The molecule has 2 aliphatic rings. The van der Waals surface area contributed by atoms with E-state index < -0.39 is 11.4 Å². The maximum atomic E-state index is 11.0. The van der Waals surface area contributed by atoms with Crippen molar-refractivity contribution in [2.45, 2.75) is 37.4 Å². The first-order chi connectivity index (χ1) is 10.1. The highest BCUT2D eigenvalue weighted by Gasteiger charge is 2.55. The zero-order chi connectivity index (χ0) is 14.9. The number of hydrogen-bond donors (Lipinski definition) is 1. The number of benzene rings is 1. The standard InChI is InChI=1S/C16H18O5/c1-15(10-17)11-20-16(21-15)8-13(7-14(16)18)19-9-12-5-3-2-4-6-12/h2-7,10,13,18H,8-9,11H2,1H3/t13-,15?,16?/m0/s1. The Morgan fingerprint density at radius 1 is 1.43 bits per heavy atom. The average molecular weight is 290 g/mol. The largest absolute Gasteiger partial charge is 0.507 e. The van der Waals surface area contributed by atoms with E-state index in [1.54, 1.807) is 13.0 Å². The molecule has 1 N–H and O–H groups in total. The summed E-state index contributed by atoms with van der Waals surface area (Å²) < 4.78 is 17.0. The van der Waals surface area contributed by atoms with Crippen molar-refractivity contribution in [3.63, 3.8) is 0 Å². The van der Waals surface area contributed by atoms with E-state index in [1.165, 1.54) is 0 Å². The Balaban J connectivity index is 1.63. The summed E-state index contributed by atoms with van der Waals surface area (Å²) in [5.74, 6) is -1.26. The Morgan fingerprint density at radius 3 is 2.86 bits per heavy atom. The summed E-state index contributed by atoms with van der Waals surface area (Å²) in [4.78, 5) is 11.0. The lowest BCUT2D eigenvalue weighted by atomic mass is 10.1. The van der Waals surface area contributed by atoms with E-state index in [1.807, 2.05) is 30.3 Å². The molecule has 1 aliphatic heterocycles. The van der Waals surface area contributed by atoms with Crippen molar-refractivity contribution in [1.29, 1.82) is 0 Å². The molecule has 5 nitrogen and oxygen atoms in total. The normalized spacial score (nSPS) is 35.1. The molecule has 3 atom stereocenters. The van der Waals surface area contributed by atoms with Gasteiger partial charge in [0.25, 0.3) is 0 Å². The molecule has 3 rings (SSSR count). The van der Waals surface area contributed by atoms with Crippen LogP contribution in [0.25, 0.3) is 0 Å². The van der Waals surface area contributed by atoms with Gasteiger partial charge in [-0.3, -0.25) is 0 Å². The Hall–Kier alpha value is -1.69. The van der Waals surface area contributed by atoms with Gasteiger partial charge in [0.2, 0.25) is 5.79 Å². The van der Waals surface area contributed by atoms with Gasteiger partial charge in [-0.2, -0.15) is 0 Å². The van der Waals surface area contributed by atoms with Crippen LogP contribution >= 0.6 is 0 Å². The van der Waals surface area contributed by atoms with Gasteiger partial charge in [0.1, 0.15) is 5.60 Å². The predicted molar refractivity (Wildman–Crippen MR) is 74.6 cm³/mol. The molecular formula is C16H18O5. The summed E-state index contributed by atoms with van der Waals surface area (Å²) in [6.45, 7) is 2.20. The predicted octanol–water partition coefficient (Wildman–Crippen LogP) is 2.12. The Bertz CT molecular complexity index is 555. The zero-order valence-corrected chi connectivity index (χ0v) is 11.8. The molecule has 1 aromatic carbocycles. The van der Waals surface area contributed by atoms with Crippen LogP contribution in [0.3, 0.4) is 0 Å². The van der Waals surface area contributed by atoms with E-state index in [0.29, 0.717) is 19.3 Å². The van der Waals surface area contributed by atoms with E-state index in [0.717, 1.165) is 5.56 Å². The van der Waals surface area contributed by atoms with Crippen molar-refractivity contribution < 1.29 is 24.1 Å². The topological polar surface area (TPSA) is 65.0 Å². The van der Waals surface area contributed by atoms with E-state index in [4.69, 9.17) is 14.2 Å². The van der Waals surface area contributed by atoms with Crippen LogP contribution in [0.2, 0.25) is 0 Å². The summed E-state index contributed by atoms with van der Waals surface area (Å²) in [7, 11) is 0. The van der Waals surface area contributed by atoms with Gasteiger partial charge in [-0.15, -0.1) is 0 Å². The maximum Gasteiger partial charge on any atom is 0.231 e. The number of carbonyl (C=O) groups is 1. The van der Waals surface area contributed by atoms with Crippen molar-refractivity contribution in [1.82, 2.24) is 0 Å². The first-order valence-corrected chi connectivity index (χ1v) is 6.93. The highest BCUT2D eigenvalue weighted by molar-refractivity contribution is 5.62. The van der Waals surface area contributed by atoms with Gasteiger partial charge in [0.15, 0.2) is 12.0 Å². The van der Waals surface area contributed by atoms with Crippen LogP contribution in [0.15, 0.2) is 42.2 Å². The van der Waals surface area contributed by atoms with Crippen molar-refractivity contribution >= 4 is 6.29 Å². The molecule has 21 heavy (non-hydrogen) atoms. The highest BCUT2D eigenvalue weighted by Crippen LogP contribution is 2.43. The fourth-order valence-corrected chi connectivity index (χ4v) is 2.60. The quantitative estimate of drug-likeness (QED) is 0.860. The molecule has 1 fully saturated rings. The monoisotopic (exact) mass is 290 g/mol. The van der Waals surface area contributed by atoms with Crippen LogP contribution in [0, 0.1) is 0 Å². The molecule has 1 aromatic rings. The third-order valence-electron chi connectivity index (χ3n) is 3.75. The highest BCUT2D eigenvalue weighted by atomic mass is 16.8. The number of ether oxygens (including phenoxy) is 3. The first kappa shape index (κ1) is 14.3. The molecule has 112 valence electrons. The number of carbonyl (C=O) groups excluding carboxylic acids is 1. The van der Waals surface area contributed by atoms with Gasteiger partial charge in [-0.25, -0.2) is 0 Å². The number of rotatable bonds is 4. The summed E-state index contributed by atoms with van der Waals surface area (Å²) in [5.41, 5.74) is 0.0354. The van der Waals surface area contributed by atoms with Gasteiger partial charge < -0.3 is 24.1 Å². The summed E-state index contributed by atoms with van der Waals surface area (Å²) in [6, 6.07) is 9.78. The zero-order valence-electron chi connectivity index (χ0n) is 11.8. The molecule has 0 amide bonds. The van der Waals surface area contributed by atoms with E-state index in [9.17, 15) is 9.90 Å². The van der Waals surface area contributed by atoms with E-state index in [2.05, 4.69) is 0 Å². The molecule has 0 bridgehead atoms. The molecule has 0 radical (unpaired) electrons. The third-order valence-corrected chi connectivity index (χ3v) is 3.75. The second-order valence-electron chi connectivity index (χ2n) is 5.67. The van der Waals surface area contributed by atoms with Gasteiger partial charge in [0.05, 0.1) is 19.3 Å². The second kappa shape index (κ2) is 5.26. The fourth-order valence-electron chi connectivity index (χ4n) is 2.60. The summed E-state index contributed by atoms with van der Waals surface area (Å²) >= 11 is 0. The first-order valence-electron chi connectivity index (χ1n) is 6.93. The van der Waals surface area contributed by atoms with Crippen LogP contribution in [-0.4, -0.2) is 35.5 Å². The second-order valence-corrected chi connectivity index (χ2v) is 5.67. The Kier molecular flexibility index (Phi) is 3.57. The van der Waals surface area contributed by atoms with Crippen LogP contribution in [0.5, 0.6) is 0 Å². The number of aldehydes is 1. The minimum Gasteiger partial charge on any atom is -0.507 e. The number of hydrogen-bond acceptors (Lipinski definition) is 5. The van der Waals surface area contributed by atoms with Gasteiger partial charge in [-0.05, 0) is 18.6 Å². The van der Waals surface area contributed by atoms with Gasteiger partial charge in [0, 0.05) is 6.42 Å². The van der Waals surface area contributed by atoms with E-state index >= 15 is 0 Å². The van der Waals surface area contributed by atoms with E-state index in [-0.39, 0.29) is 18.5 Å². The van der Waals surface area contributed by atoms with Crippen LogP contribution in [0.4, 0.5) is 0 Å². The Morgan fingerprint density at radius 2 is 2.19 bits per heavy atom. The van der Waals surface area contributed by atoms with Crippen LogP contribution in [-0.2, 0) is 25.6 Å². The molecule has 0 saturated carbocycles. The fraction of sp³-hybridized carbons (Fsp3) is 0.438.